The lowest BCUT2D eigenvalue weighted by Crippen LogP contribution is -2.31. The minimum Gasteiger partial charge on any atom is -0.369 e. The molecule has 0 fully saturated rings. The van der Waals surface area contributed by atoms with Crippen molar-refractivity contribution in [1.29, 1.82) is 5.26 Å². The van der Waals surface area contributed by atoms with Gasteiger partial charge in [-0.3, -0.25) is 14.7 Å². The smallest absolute Gasteiger partial charge is 0.277 e. The van der Waals surface area contributed by atoms with Crippen LogP contribution in [0.25, 0.3) is 16.4 Å². The number of carbonyl (C=O) groups excluding carboxylic acids is 1. The predicted octanol–water partition coefficient (Wildman–Crippen LogP) is 4.88. The van der Waals surface area contributed by atoms with E-state index in [9.17, 15) is 14.9 Å². The second kappa shape index (κ2) is 9.47. The SMILES string of the molecule is Cc1[nH]n(-c2nc(-c3ccc(Br)cc3)cs2)c(=O)c1C(c1ccc(Br)cc1)C(C#N)C(N)=O. The first-order valence-electron chi connectivity index (χ1n) is 9.78. The number of halogens is 2. The van der Waals surface area contributed by atoms with Crippen molar-refractivity contribution in [2.45, 2.75) is 12.8 Å². The first-order valence-corrected chi connectivity index (χ1v) is 12.2. The van der Waals surface area contributed by atoms with E-state index in [4.69, 9.17) is 5.73 Å². The van der Waals surface area contributed by atoms with Gasteiger partial charge < -0.3 is 5.73 Å². The molecule has 4 rings (SSSR count). The number of hydrogen-bond acceptors (Lipinski definition) is 5. The van der Waals surface area contributed by atoms with Crippen molar-refractivity contribution < 1.29 is 4.79 Å². The Bertz CT molecular complexity index is 1420. The molecule has 0 saturated heterocycles. The van der Waals surface area contributed by atoms with Gasteiger partial charge in [-0.15, -0.1) is 11.3 Å². The predicted molar refractivity (Wildman–Crippen MR) is 134 cm³/mol. The van der Waals surface area contributed by atoms with E-state index in [1.165, 1.54) is 16.0 Å². The second-order valence-electron chi connectivity index (χ2n) is 7.35. The number of nitrogens with two attached hydrogens (primary N) is 1. The van der Waals surface area contributed by atoms with Crippen LogP contribution < -0.4 is 11.3 Å². The average molecular weight is 587 g/mol. The molecule has 0 radical (unpaired) electrons. The maximum atomic E-state index is 13.5. The summed E-state index contributed by atoms with van der Waals surface area (Å²) in [5.74, 6) is -2.82. The van der Waals surface area contributed by atoms with E-state index in [0.717, 1.165) is 20.2 Å². The Morgan fingerprint density at radius 1 is 1.15 bits per heavy atom. The van der Waals surface area contributed by atoms with E-state index < -0.39 is 17.7 Å². The molecule has 2 aromatic carbocycles. The van der Waals surface area contributed by atoms with Gasteiger partial charge in [0.15, 0.2) is 0 Å². The van der Waals surface area contributed by atoms with Gasteiger partial charge >= 0.3 is 0 Å². The maximum absolute atomic E-state index is 13.5. The van der Waals surface area contributed by atoms with Crippen molar-refractivity contribution in [1.82, 2.24) is 14.8 Å². The molecular weight excluding hydrogens is 570 g/mol. The second-order valence-corrected chi connectivity index (χ2v) is 10.0. The summed E-state index contributed by atoms with van der Waals surface area (Å²) in [4.78, 5) is 30.3. The molecule has 2 unspecified atom stereocenters. The van der Waals surface area contributed by atoms with Crippen LogP contribution >= 0.6 is 43.2 Å². The molecule has 0 saturated carbocycles. The van der Waals surface area contributed by atoms with Crippen molar-refractivity contribution in [2.75, 3.05) is 0 Å². The van der Waals surface area contributed by atoms with Crippen LogP contribution in [0.2, 0.25) is 0 Å². The Labute approximate surface area is 210 Å². The third-order valence-corrected chi connectivity index (χ3v) is 7.14. The van der Waals surface area contributed by atoms with Crippen LogP contribution in [0.5, 0.6) is 0 Å². The zero-order valence-corrected chi connectivity index (χ0v) is 21.2. The fourth-order valence-electron chi connectivity index (χ4n) is 3.68. The quantitative estimate of drug-likeness (QED) is 0.335. The van der Waals surface area contributed by atoms with Crippen molar-refractivity contribution in [3.8, 4) is 22.5 Å². The number of benzene rings is 2. The molecule has 10 heteroatoms. The Morgan fingerprint density at radius 2 is 1.76 bits per heavy atom. The van der Waals surface area contributed by atoms with E-state index in [1.807, 2.05) is 35.7 Å². The molecule has 2 atom stereocenters. The third-order valence-electron chi connectivity index (χ3n) is 5.26. The van der Waals surface area contributed by atoms with Crippen molar-refractivity contribution in [3.63, 3.8) is 0 Å². The molecule has 0 aliphatic rings. The van der Waals surface area contributed by atoms with Crippen LogP contribution in [-0.2, 0) is 4.79 Å². The lowest BCUT2D eigenvalue weighted by atomic mass is 9.81. The van der Waals surface area contributed by atoms with Gasteiger partial charge in [-0.25, -0.2) is 4.98 Å². The first kappa shape index (κ1) is 23.2. The summed E-state index contributed by atoms with van der Waals surface area (Å²) in [5, 5.41) is 15.1. The fraction of sp³-hybridized carbons (Fsp3) is 0.130. The van der Waals surface area contributed by atoms with Crippen molar-refractivity contribution in [3.05, 3.63) is 90.0 Å². The number of nitriles is 1. The summed E-state index contributed by atoms with van der Waals surface area (Å²) < 4.78 is 3.14. The van der Waals surface area contributed by atoms with Crippen LogP contribution in [-0.4, -0.2) is 20.7 Å². The van der Waals surface area contributed by atoms with Crippen LogP contribution in [0.3, 0.4) is 0 Å². The molecule has 3 N–H and O–H groups in total. The normalized spacial score (nSPS) is 12.8. The van der Waals surface area contributed by atoms with Crippen molar-refractivity contribution in [2.24, 2.45) is 11.7 Å². The Morgan fingerprint density at radius 3 is 2.33 bits per heavy atom. The molecule has 7 nitrogen and oxygen atoms in total. The highest BCUT2D eigenvalue weighted by Crippen LogP contribution is 2.33. The van der Waals surface area contributed by atoms with Gasteiger partial charge in [0.05, 0.1) is 11.8 Å². The van der Waals surface area contributed by atoms with E-state index in [-0.39, 0.29) is 5.56 Å². The monoisotopic (exact) mass is 585 g/mol. The lowest BCUT2D eigenvalue weighted by molar-refractivity contribution is -0.120. The lowest BCUT2D eigenvalue weighted by Gasteiger charge is -2.19. The highest BCUT2D eigenvalue weighted by molar-refractivity contribution is 9.10. The Kier molecular flexibility index (Phi) is 6.65. The minimum atomic E-state index is -1.21. The van der Waals surface area contributed by atoms with Gasteiger partial charge in [-0.2, -0.15) is 9.94 Å². The van der Waals surface area contributed by atoms with Gasteiger partial charge in [0.1, 0.15) is 5.92 Å². The average Bonchev–Trinajstić information content (AvgIpc) is 3.38. The maximum Gasteiger partial charge on any atom is 0.277 e. The standard InChI is InChI=1S/C23H17Br2N5O2S/c1-12-19(20(17(10-26)21(27)31)14-4-8-16(25)9-5-14)22(32)30(29-12)23-28-18(11-33-23)13-2-6-15(24)7-3-13/h2-9,11,17,20,29H,1H3,(H2,27,31). The number of nitrogens with zero attached hydrogens (tertiary/aromatic N) is 3. The Hall–Kier alpha value is -3.00. The number of nitrogens with one attached hydrogen (secondary N) is 1. The molecule has 2 aromatic heterocycles. The van der Waals surface area contributed by atoms with Crippen LogP contribution in [0.4, 0.5) is 0 Å². The van der Waals surface area contributed by atoms with E-state index in [0.29, 0.717) is 22.0 Å². The highest BCUT2D eigenvalue weighted by atomic mass is 79.9. The number of amides is 1. The number of thiazole rings is 1. The van der Waals surface area contributed by atoms with Gasteiger partial charge in [-0.1, -0.05) is 56.1 Å². The van der Waals surface area contributed by atoms with Crippen LogP contribution in [0, 0.1) is 24.2 Å². The summed E-state index contributed by atoms with van der Waals surface area (Å²) in [6.45, 7) is 1.73. The number of hydrogen-bond donors (Lipinski definition) is 2. The largest absolute Gasteiger partial charge is 0.369 e. The zero-order chi connectivity index (χ0) is 23.7. The molecule has 0 spiro atoms. The first-order chi connectivity index (χ1) is 15.8. The number of primary amides is 1. The van der Waals surface area contributed by atoms with E-state index in [1.54, 1.807) is 31.2 Å². The van der Waals surface area contributed by atoms with Crippen LogP contribution in [0.15, 0.2) is 67.7 Å². The number of aromatic nitrogens is 3. The molecule has 0 aliphatic carbocycles. The highest BCUT2D eigenvalue weighted by Gasteiger charge is 2.34. The topological polar surface area (TPSA) is 118 Å². The van der Waals surface area contributed by atoms with Gasteiger partial charge in [0, 0.05) is 37.1 Å². The summed E-state index contributed by atoms with van der Waals surface area (Å²) in [6, 6.07) is 16.8. The molecule has 0 bridgehead atoms. The summed E-state index contributed by atoms with van der Waals surface area (Å²) in [7, 11) is 0. The summed E-state index contributed by atoms with van der Waals surface area (Å²) in [6.07, 6.45) is 0. The number of rotatable bonds is 6. The van der Waals surface area contributed by atoms with Gasteiger partial charge in [0.25, 0.3) is 5.56 Å². The zero-order valence-electron chi connectivity index (χ0n) is 17.3. The number of H-pyrrole nitrogens is 1. The number of carbonyl (C=O) groups is 1. The molecule has 166 valence electrons. The molecule has 2 heterocycles. The molecule has 33 heavy (non-hydrogen) atoms. The fourth-order valence-corrected chi connectivity index (χ4v) is 5.00. The van der Waals surface area contributed by atoms with Gasteiger partial charge in [0.2, 0.25) is 11.0 Å². The van der Waals surface area contributed by atoms with Crippen LogP contribution in [0.1, 0.15) is 22.7 Å². The molecular formula is C23H17Br2N5O2S. The van der Waals surface area contributed by atoms with E-state index in [2.05, 4.69) is 41.9 Å². The number of aromatic amines is 1. The van der Waals surface area contributed by atoms with Crippen molar-refractivity contribution >= 4 is 49.1 Å². The van der Waals surface area contributed by atoms with E-state index >= 15 is 0 Å². The minimum absolute atomic E-state index is 0.308. The molecule has 0 aliphatic heterocycles. The molecule has 4 aromatic rings. The number of aryl methyl sites for hydroxylation is 1. The summed E-state index contributed by atoms with van der Waals surface area (Å²) >= 11 is 8.12. The third kappa shape index (κ3) is 4.57. The Balaban J connectivity index is 1.82. The summed E-state index contributed by atoms with van der Waals surface area (Å²) in [5.41, 5.74) is 8.31. The van der Waals surface area contributed by atoms with Gasteiger partial charge in [-0.05, 0) is 36.8 Å². The molecule has 1 amide bonds.